The molecular weight excluding hydrogens is 435 g/mol. The first kappa shape index (κ1) is 23.9. The number of halogens is 1. The van der Waals surface area contributed by atoms with Gasteiger partial charge in [0.2, 0.25) is 5.91 Å². The monoisotopic (exact) mass is 466 g/mol. The van der Waals surface area contributed by atoms with Gasteiger partial charge < -0.3 is 20.1 Å². The first-order valence-electron chi connectivity index (χ1n) is 11.5. The highest BCUT2D eigenvalue weighted by Gasteiger charge is 2.26. The summed E-state index contributed by atoms with van der Waals surface area (Å²) >= 11 is 0. The number of nitrogens with one attached hydrogen (secondary N) is 2. The number of aliphatic hydroxyl groups is 1. The molecule has 1 aliphatic heterocycles. The number of carbonyl (C=O) groups is 1. The van der Waals surface area contributed by atoms with Gasteiger partial charge in [0.25, 0.3) is 0 Å². The van der Waals surface area contributed by atoms with Crippen LogP contribution in [0.5, 0.6) is 5.75 Å². The number of nitrogens with zero attached hydrogens (tertiary/aromatic N) is 2. The van der Waals surface area contributed by atoms with Crippen molar-refractivity contribution >= 4 is 11.6 Å². The van der Waals surface area contributed by atoms with Crippen LogP contribution in [0.1, 0.15) is 6.92 Å². The van der Waals surface area contributed by atoms with Gasteiger partial charge in [-0.1, -0.05) is 30.3 Å². The SMILES string of the molecule is C[C@H]1CN(CC(=O)Nc2ccccc2-c2ccc[nH]2)CCN1C[C@H](O)COc1ccccc1F. The second kappa shape index (κ2) is 11.3. The molecule has 1 aromatic heterocycles. The van der Waals surface area contributed by atoms with E-state index in [0.717, 1.165) is 30.0 Å². The van der Waals surface area contributed by atoms with Crippen molar-refractivity contribution in [2.45, 2.75) is 19.1 Å². The summed E-state index contributed by atoms with van der Waals surface area (Å²) in [6, 6.07) is 18.0. The van der Waals surface area contributed by atoms with Gasteiger partial charge in [0, 0.05) is 49.7 Å². The number of benzene rings is 2. The lowest BCUT2D eigenvalue weighted by molar-refractivity contribution is -0.118. The molecule has 0 unspecified atom stereocenters. The minimum Gasteiger partial charge on any atom is -0.488 e. The van der Waals surface area contributed by atoms with Crippen molar-refractivity contribution in [1.82, 2.24) is 14.8 Å². The van der Waals surface area contributed by atoms with Crippen molar-refractivity contribution in [3.63, 3.8) is 0 Å². The van der Waals surface area contributed by atoms with Gasteiger partial charge >= 0.3 is 0 Å². The van der Waals surface area contributed by atoms with Crippen LogP contribution in [0.3, 0.4) is 0 Å². The highest BCUT2D eigenvalue weighted by molar-refractivity contribution is 5.96. The molecule has 3 aromatic rings. The highest BCUT2D eigenvalue weighted by Crippen LogP contribution is 2.26. The number of hydrogen-bond acceptors (Lipinski definition) is 5. The first-order chi connectivity index (χ1) is 16.5. The van der Waals surface area contributed by atoms with Crippen molar-refractivity contribution in [3.05, 3.63) is 72.7 Å². The maximum Gasteiger partial charge on any atom is 0.238 e. The number of rotatable bonds is 9. The fourth-order valence-electron chi connectivity index (χ4n) is 4.27. The molecule has 2 heterocycles. The lowest BCUT2D eigenvalue weighted by Crippen LogP contribution is -2.55. The molecule has 0 radical (unpaired) electrons. The van der Waals surface area contributed by atoms with E-state index in [1.807, 2.05) is 42.6 Å². The normalized spacial score (nSPS) is 17.9. The van der Waals surface area contributed by atoms with E-state index >= 15 is 0 Å². The molecule has 3 N–H and O–H groups in total. The Labute approximate surface area is 199 Å². The van der Waals surface area contributed by atoms with Crippen molar-refractivity contribution in [2.24, 2.45) is 0 Å². The second-order valence-corrected chi connectivity index (χ2v) is 8.65. The van der Waals surface area contributed by atoms with Gasteiger partial charge in [-0.05, 0) is 37.3 Å². The van der Waals surface area contributed by atoms with E-state index < -0.39 is 11.9 Å². The number of aliphatic hydroxyl groups excluding tert-OH is 1. The van der Waals surface area contributed by atoms with Crippen LogP contribution in [-0.4, -0.2) is 77.3 Å². The molecule has 1 fully saturated rings. The predicted molar refractivity (Wildman–Crippen MR) is 130 cm³/mol. The third-order valence-electron chi connectivity index (χ3n) is 6.02. The number of para-hydroxylation sites is 2. The average molecular weight is 467 g/mol. The number of piperazine rings is 1. The maximum atomic E-state index is 13.7. The zero-order valence-corrected chi connectivity index (χ0v) is 19.3. The van der Waals surface area contributed by atoms with Gasteiger partial charge in [-0.3, -0.25) is 14.6 Å². The van der Waals surface area contributed by atoms with Crippen LogP contribution in [0.4, 0.5) is 10.1 Å². The Balaban J connectivity index is 1.24. The van der Waals surface area contributed by atoms with Crippen LogP contribution in [-0.2, 0) is 4.79 Å². The molecule has 34 heavy (non-hydrogen) atoms. The van der Waals surface area contributed by atoms with E-state index in [9.17, 15) is 14.3 Å². The van der Waals surface area contributed by atoms with Crippen LogP contribution < -0.4 is 10.1 Å². The van der Waals surface area contributed by atoms with Gasteiger partial charge in [-0.15, -0.1) is 0 Å². The summed E-state index contributed by atoms with van der Waals surface area (Å²) in [5, 5.41) is 13.4. The lowest BCUT2D eigenvalue weighted by Gasteiger charge is -2.40. The predicted octanol–water partition coefficient (Wildman–Crippen LogP) is 3.21. The fraction of sp³-hybridized carbons (Fsp3) is 0.346. The van der Waals surface area contributed by atoms with E-state index in [1.165, 1.54) is 6.07 Å². The van der Waals surface area contributed by atoms with Crippen LogP contribution in [0.2, 0.25) is 0 Å². The van der Waals surface area contributed by atoms with Gasteiger partial charge in [0.05, 0.1) is 12.2 Å². The quantitative estimate of drug-likeness (QED) is 0.451. The number of anilines is 1. The maximum absolute atomic E-state index is 13.7. The molecular formula is C26H31FN4O3. The van der Waals surface area contributed by atoms with Crippen molar-refractivity contribution in [1.29, 1.82) is 0 Å². The molecule has 0 spiro atoms. The van der Waals surface area contributed by atoms with Crippen LogP contribution in [0.25, 0.3) is 11.3 Å². The number of amides is 1. The smallest absolute Gasteiger partial charge is 0.238 e. The Morgan fingerprint density at radius 3 is 2.74 bits per heavy atom. The fourth-order valence-corrected chi connectivity index (χ4v) is 4.27. The number of β-amino-alcohol motifs (C(OH)–C–C–N with tert-alkyl or cyclic N) is 1. The number of ether oxygens (including phenoxy) is 1. The van der Waals surface area contributed by atoms with E-state index in [1.54, 1.807) is 18.2 Å². The molecule has 1 saturated heterocycles. The van der Waals surface area contributed by atoms with Gasteiger partial charge in [-0.25, -0.2) is 4.39 Å². The second-order valence-electron chi connectivity index (χ2n) is 8.65. The Bertz CT molecular complexity index is 1080. The molecule has 0 saturated carbocycles. The summed E-state index contributed by atoms with van der Waals surface area (Å²) in [7, 11) is 0. The van der Waals surface area contributed by atoms with Gasteiger partial charge in [-0.2, -0.15) is 0 Å². The Morgan fingerprint density at radius 1 is 1.18 bits per heavy atom. The Hall–Kier alpha value is -3.20. The van der Waals surface area contributed by atoms with Crippen LogP contribution >= 0.6 is 0 Å². The van der Waals surface area contributed by atoms with Crippen LogP contribution in [0, 0.1) is 5.82 Å². The minimum atomic E-state index is -0.735. The molecule has 1 amide bonds. The summed E-state index contributed by atoms with van der Waals surface area (Å²) < 4.78 is 19.1. The minimum absolute atomic E-state index is 0.0243. The molecule has 4 rings (SSSR count). The third-order valence-corrected chi connectivity index (χ3v) is 6.02. The third kappa shape index (κ3) is 6.22. The summed E-state index contributed by atoms with van der Waals surface area (Å²) in [4.78, 5) is 20.2. The molecule has 180 valence electrons. The Morgan fingerprint density at radius 2 is 1.97 bits per heavy atom. The van der Waals surface area contributed by atoms with E-state index in [-0.39, 0.29) is 24.3 Å². The number of carbonyl (C=O) groups excluding carboxylic acids is 1. The lowest BCUT2D eigenvalue weighted by atomic mass is 10.1. The van der Waals surface area contributed by atoms with Crippen molar-refractivity contribution < 1.29 is 19.0 Å². The van der Waals surface area contributed by atoms with E-state index in [0.29, 0.717) is 19.6 Å². The summed E-state index contributed by atoms with van der Waals surface area (Å²) in [5.41, 5.74) is 2.68. The standard InChI is InChI=1S/C26H31FN4O3/c1-19-15-30(13-14-31(19)16-20(32)18-34-25-11-5-3-8-22(25)27)17-26(33)29-24-9-4-2-7-21(24)23-10-6-12-28-23/h2-12,19-20,28,32H,13-18H2,1H3,(H,29,33)/t19-,20-/m0/s1. The first-order valence-corrected chi connectivity index (χ1v) is 11.5. The van der Waals surface area contributed by atoms with Gasteiger partial charge in [0.15, 0.2) is 11.6 Å². The molecule has 2 aromatic carbocycles. The van der Waals surface area contributed by atoms with Crippen molar-refractivity contribution in [2.75, 3.05) is 44.6 Å². The van der Waals surface area contributed by atoms with Crippen molar-refractivity contribution in [3.8, 4) is 17.0 Å². The molecule has 0 aliphatic carbocycles. The Kier molecular flexibility index (Phi) is 7.95. The number of hydrogen-bond donors (Lipinski definition) is 3. The molecule has 2 atom stereocenters. The topological polar surface area (TPSA) is 80.8 Å². The molecule has 7 nitrogen and oxygen atoms in total. The van der Waals surface area contributed by atoms with Crippen LogP contribution in [0.15, 0.2) is 66.9 Å². The molecule has 8 heteroatoms. The molecule has 0 bridgehead atoms. The average Bonchev–Trinajstić information content (AvgIpc) is 3.35. The van der Waals surface area contributed by atoms with Gasteiger partial charge in [0.1, 0.15) is 12.7 Å². The largest absolute Gasteiger partial charge is 0.488 e. The summed E-state index contributed by atoms with van der Waals surface area (Å²) in [6.07, 6.45) is 1.12. The van der Waals surface area contributed by atoms with E-state index in [2.05, 4.69) is 27.0 Å². The zero-order valence-electron chi connectivity index (χ0n) is 19.3. The zero-order chi connectivity index (χ0) is 23.9. The number of aromatic amines is 1. The highest BCUT2D eigenvalue weighted by atomic mass is 19.1. The number of aromatic nitrogens is 1. The summed E-state index contributed by atoms with van der Waals surface area (Å²) in [6.45, 7) is 4.99. The number of H-pyrrole nitrogens is 1. The van der Waals surface area contributed by atoms with E-state index in [4.69, 9.17) is 4.74 Å². The molecule has 1 aliphatic rings. The summed E-state index contributed by atoms with van der Waals surface area (Å²) in [5.74, 6) is -0.355.